The van der Waals surface area contributed by atoms with Gasteiger partial charge in [-0.3, -0.25) is 0 Å². The van der Waals surface area contributed by atoms with Crippen LogP contribution in [0.4, 0.5) is 4.39 Å². The Morgan fingerprint density at radius 1 is 1.48 bits per heavy atom. The SMILES string of the molecule is C=C(CCC)/C(N)=C(/C(C)=N/S)C(Cl)c1ccccc1F. The summed E-state index contributed by atoms with van der Waals surface area (Å²) < 4.78 is 17.8. The lowest BCUT2D eigenvalue weighted by atomic mass is 9.95. The normalized spacial score (nSPS) is 14.6. The summed E-state index contributed by atoms with van der Waals surface area (Å²) in [5.74, 6) is -0.379. The van der Waals surface area contributed by atoms with Gasteiger partial charge in [0, 0.05) is 16.8 Å². The van der Waals surface area contributed by atoms with Crippen molar-refractivity contribution in [2.45, 2.75) is 32.1 Å². The van der Waals surface area contributed by atoms with E-state index < -0.39 is 5.38 Å². The average molecular weight is 327 g/mol. The van der Waals surface area contributed by atoms with Gasteiger partial charge in [0.05, 0.1) is 11.1 Å². The maximum atomic E-state index is 14.0. The van der Waals surface area contributed by atoms with Gasteiger partial charge in [-0.1, -0.05) is 38.1 Å². The Labute approximate surface area is 136 Å². The van der Waals surface area contributed by atoms with E-state index in [0.717, 1.165) is 18.4 Å². The molecule has 0 saturated carbocycles. The molecule has 1 aromatic carbocycles. The van der Waals surface area contributed by atoms with Crippen molar-refractivity contribution in [1.82, 2.24) is 0 Å². The molecule has 0 amide bonds. The Balaban J connectivity index is 3.36. The second kappa shape index (κ2) is 8.25. The van der Waals surface area contributed by atoms with Gasteiger partial charge < -0.3 is 5.73 Å². The first-order chi connectivity index (χ1) is 9.93. The highest BCUT2D eigenvalue weighted by Crippen LogP contribution is 2.34. The predicted octanol–water partition coefficient (Wildman–Crippen LogP) is 4.98. The lowest BCUT2D eigenvalue weighted by Crippen LogP contribution is -2.15. The molecule has 0 radical (unpaired) electrons. The minimum Gasteiger partial charge on any atom is -0.398 e. The largest absolute Gasteiger partial charge is 0.398 e. The van der Waals surface area contributed by atoms with Crippen molar-refractivity contribution in [2.24, 2.45) is 10.1 Å². The van der Waals surface area contributed by atoms with Crippen molar-refractivity contribution in [2.75, 3.05) is 0 Å². The molecule has 114 valence electrons. The van der Waals surface area contributed by atoms with Crippen molar-refractivity contribution >= 4 is 30.1 Å². The van der Waals surface area contributed by atoms with Crippen LogP contribution < -0.4 is 5.73 Å². The zero-order valence-corrected chi connectivity index (χ0v) is 13.9. The molecule has 1 unspecified atom stereocenters. The number of allylic oxidation sites excluding steroid dienone is 2. The summed E-state index contributed by atoms with van der Waals surface area (Å²) >= 11 is 10.4. The molecule has 0 fully saturated rings. The van der Waals surface area contributed by atoms with Gasteiger partial charge in [-0.15, -0.1) is 11.6 Å². The number of rotatable bonds is 6. The van der Waals surface area contributed by atoms with E-state index in [4.69, 9.17) is 17.3 Å². The number of benzene rings is 1. The smallest absolute Gasteiger partial charge is 0.128 e. The van der Waals surface area contributed by atoms with Gasteiger partial charge >= 0.3 is 0 Å². The van der Waals surface area contributed by atoms with Crippen LogP contribution in [-0.4, -0.2) is 5.71 Å². The number of hydrogen-bond acceptors (Lipinski definition) is 3. The summed E-state index contributed by atoms with van der Waals surface area (Å²) in [6.07, 6.45) is 1.66. The third-order valence-electron chi connectivity index (χ3n) is 3.19. The van der Waals surface area contributed by atoms with Crippen molar-refractivity contribution in [3.8, 4) is 0 Å². The number of halogens is 2. The van der Waals surface area contributed by atoms with E-state index in [-0.39, 0.29) is 5.82 Å². The zero-order chi connectivity index (χ0) is 16.0. The first kappa shape index (κ1) is 17.8. The predicted molar refractivity (Wildman–Crippen MR) is 92.4 cm³/mol. The fourth-order valence-corrected chi connectivity index (χ4v) is 2.59. The summed E-state index contributed by atoms with van der Waals surface area (Å²) in [5, 5.41) is -0.740. The second-order valence-corrected chi connectivity index (χ2v) is 5.39. The maximum Gasteiger partial charge on any atom is 0.128 e. The van der Waals surface area contributed by atoms with E-state index in [9.17, 15) is 4.39 Å². The standard InChI is InChI=1S/C16H20ClFN2S/c1-4-7-10(2)16(19)14(11(3)20-21)15(17)12-8-5-6-9-13(12)18/h5-6,8-9,15,21H,2,4,7,19H2,1,3H3/b16-14+,20-11+. The molecule has 0 aliphatic rings. The van der Waals surface area contributed by atoms with Gasteiger partial charge in [0.1, 0.15) is 5.82 Å². The first-order valence-corrected chi connectivity index (χ1v) is 7.52. The van der Waals surface area contributed by atoms with E-state index in [0.29, 0.717) is 22.5 Å². The van der Waals surface area contributed by atoms with E-state index in [1.165, 1.54) is 6.07 Å². The van der Waals surface area contributed by atoms with E-state index in [1.807, 2.05) is 6.92 Å². The number of alkyl halides is 1. The summed E-state index contributed by atoms with van der Waals surface area (Å²) in [4.78, 5) is 0. The Kier molecular flexibility index (Phi) is 6.99. The molecule has 2 nitrogen and oxygen atoms in total. The van der Waals surface area contributed by atoms with Gasteiger partial charge in [0.15, 0.2) is 0 Å². The average Bonchev–Trinajstić information content (AvgIpc) is 2.47. The van der Waals surface area contributed by atoms with Gasteiger partial charge in [0.2, 0.25) is 0 Å². The molecule has 1 rings (SSSR count). The number of nitrogens with zero attached hydrogens (tertiary/aromatic N) is 1. The van der Waals surface area contributed by atoms with Crippen LogP contribution in [0.25, 0.3) is 0 Å². The summed E-state index contributed by atoms with van der Waals surface area (Å²) in [7, 11) is 0. The van der Waals surface area contributed by atoms with Crippen LogP contribution >= 0.6 is 24.4 Å². The molecule has 0 aliphatic heterocycles. The zero-order valence-electron chi connectivity index (χ0n) is 12.2. The minimum absolute atomic E-state index is 0.359. The second-order valence-electron chi connectivity index (χ2n) is 4.75. The molecule has 1 atom stereocenters. The van der Waals surface area contributed by atoms with Crippen molar-refractivity contribution in [3.05, 3.63) is 59.1 Å². The molecule has 0 aliphatic carbocycles. The van der Waals surface area contributed by atoms with E-state index in [1.54, 1.807) is 25.1 Å². The first-order valence-electron chi connectivity index (χ1n) is 6.69. The molecule has 21 heavy (non-hydrogen) atoms. The highest BCUT2D eigenvalue weighted by Gasteiger charge is 2.23. The maximum absolute atomic E-state index is 14.0. The van der Waals surface area contributed by atoms with Crippen LogP contribution in [0.15, 0.2) is 52.1 Å². The lowest BCUT2D eigenvalue weighted by molar-refractivity contribution is 0.612. The Bertz CT molecular complexity index is 581. The third kappa shape index (κ3) is 4.35. The van der Waals surface area contributed by atoms with E-state index in [2.05, 4.69) is 23.8 Å². The van der Waals surface area contributed by atoms with Crippen molar-refractivity contribution < 1.29 is 4.39 Å². The van der Waals surface area contributed by atoms with Gasteiger partial charge in [-0.05, 0) is 37.8 Å². The van der Waals surface area contributed by atoms with Gasteiger partial charge in [-0.2, -0.15) is 0 Å². The number of hydrogen-bond donors (Lipinski definition) is 2. The topological polar surface area (TPSA) is 38.4 Å². The van der Waals surface area contributed by atoms with Crippen molar-refractivity contribution in [3.63, 3.8) is 0 Å². The molecule has 0 heterocycles. The Morgan fingerprint density at radius 2 is 2.10 bits per heavy atom. The summed E-state index contributed by atoms with van der Waals surface area (Å²) in [6, 6.07) is 6.35. The summed E-state index contributed by atoms with van der Waals surface area (Å²) in [6.45, 7) is 7.74. The van der Waals surface area contributed by atoms with Gasteiger partial charge in [0.25, 0.3) is 0 Å². The fourth-order valence-electron chi connectivity index (χ4n) is 2.03. The minimum atomic E-state index is -0.740. The Hall–Kier alpha value is -1.26. The van der Waals surface area contributed by atoms with Crippen LogP contribution in [0.3, 0.4) is 0 Å². The Morgan fingerprint density at radius 3 is 2.62 bits per heavy atom. The highest BCUT2D eigenvalue weighted by atomic mass is 35.5. The monoisotopic (exact) mass is 326 g/mol. The van der Waals surface area contributed by atoms with Crippen LogP contribution in [0.2, 0.25) is 0 Å². The molecule has 5 heteroatoms. The molecular weight excluding hydrogens is 307 g/mol. The molecule has 0 bridgehead atoms. The lowest BCUT2D eigenvalue weighted by Gasteiger charge is -2.19. The molecular formula is C16H20ClFN2S. The van der Waals surface area contributed by atoms with E-state index >= 15 is 0 Å². The quantitative estimate of drug-likeness (QED) is 0.329. The molecule has 2 N–H and O–H groups in total. The third-order valence-corrected chi connectivity index (χ3v) is 3.95. The van der Waals surface area contributed by atoms with Crippen LogP contribution in [-0.2, 0) is 0 Å². The van der Waals surface area contributed by atoms with Crippen LogP contribution in [0.1, 0.15) is 37.6 Å². The van der Waals surface area contributed by atoms with Crippen LogP contribution in [0, 0.1) is 5.82 Å². The molecule has 0 saturated heterocycles. The molecule has 0 spiro atoms. The number of thiol groups is 1. The van der Waals surface area contributed by atoms with Gasteiger partial charge in [-0.25, -0.2) is 8.79 Å². The number of nitrogens with two attached hydrogens (primary N) is 1. The molecule has 1 aromatic rings. The summed E-state index contributed by atoms with van der Waals surface area (Å²) in [5.41, 5.74) is 8.86. The molecule has 0 aromatic heterocycles. The fraction of sp³-hybridized carbons (Fsp3) is 0.312. The van der Waals surface area contributed by atoms with Crippen molar-refractivity contribution in [1.29, 1.82) is 0 Å². The highest BCUT2D eigenvalue weighted by molar-refractivity contribution is 7.79. The van der Waals surface area contributed by atoms with Crippen LogP contribution in [0.5, 0.6) is 0 Å².